The fourth-order valence-corrected chi connectivity index (χ4v) is 6.59. The van der Waals surface area contributed by atoms with Crippen LogP contribution >= 0.6 is 0 Å². The molecule has 11 nitrogen and oxygen atoms in total. The number of phenolic OH excluding ortho intramolecular Hbond substituents is 2. The molecule has 3 aromatic rings. The second-order valence-corrected chi connectivity index (χ2v) is 13.7. The summed E-state index contributed by atoms with van der Waals surface area (Å²) in [7, 11) is 5.71. The predicted molar refractivity (Wildman–Crippen MR) is 200 cm³/mol. The van der Waals surface area contributed by atoms with E-state index in [2.05, 4.69) is 0 Å². The minimum absolute atomic E-state index is 0. The molecule has 3 fully saturated rings. The van der Waals surface area contributed by atoms with Crippen molar-refractivity contribution < 1.29 is 84.7 Å². The molecule has 3 radical (unpaired) electrons. The second-order valence-electron chi connectivity index (χ2n) is 13.7. The average molecular weight is 756 g/mol. The number of hydrogen-bond acceptors (Lipinski definition) is 11. The van der Waals surface area contributed by atoms with Crippen LogP contribution in [0.4, 0.5) is 0 Å². The van der Waals surface area contributed by atoms with Gasteiger partial charge in [0.1, 0.15) is 11.5 Å². The van der Waals surface area contributed by atoms with Gasteiger partial charge >= 0.3 is 47.5 Å². The molecule has 0 aliphatic heterocycles. The van der Waals surface area contributed by atoms with Crippen LogP contribution in [0.5, 0.6) is 23.0 Å². The number of aliphatic hydroxyl groups is 1. The van der Waals surface area contributed by atoms with Gasteiger partial charge in [0.05, 0.1) is 54.3 Å². The molecule has 3 atom stereocenters. The summed E-state index contributed by atoms with van der Waals surface area (Å²) in [5, 5.41) is 38.0. The maximum atomic E-state index is 11.4. The van der Waals surface area contributed by atoms with Crippen LogP contribution in [0.3, 0.4) is 0 Å². The summed E-state index contributed by atoms with van der Waals surface area (Å²) in [5.74, 6) is 2.33. The largest absolute Gasteiger partial charge is 1.00 e. The number of ether oxygens (including phenoxy) is 4. The molecule has 3 saturated carbocycles. The van der Waals surface area contributed by atoms with Crippen LogP contribution in [0.25, 0.3) is 0 Å². The molecule has 3 aromatic carbocycles. The van der Waals surface area contributed by atoms with Gasteiger partial charge < -0.3 is 40.8 Å². The number of phenols is 3. The van der Waals surface area contributed by atoms with Gasteiger partial charge in [-0.3, -0.25) is 14.4 Å². The van der Waals surface area contributed by atoms with E-state index in [1.165, 1.54) is 28.4 Å². The summed E-state index contributed by atoms with van der Waals surface area (Å²) in [6, 6.07) is 17.7. The van der Waals surface area contributed by atoms with Crippen molar-refractivity contribution in [3.05, 3.63) is 82.9 Å². The molecule has 0 amide bonds. The summed E-state index contributed by atoms with van der Waals surface area (Å²) in [6.45, 7) is -0.183. The smallest absolute Gasteiger partial charge is 1.00 e. The normalized spacial score (nSPS) is 15.8. The standard InChI is InChI=1S/2C14H18O4.C13H16O3.B.Na.H/c1-17-13-6-5-10(7-12(13)15)11(9-3-4-9)8-14(16)18-2;1-18-14(17)7-12(9-2-3-9)10-4-5-11(8-15)13(16)6-10;1-16-13(15)8-12(9-5-6-9)10-3-2-4-11(14)7-10;;;/h5-7,9,11,15H,3-4,8H2,1-2H3;4-6,9,12,15-16H,2-3,7-8H2,1H3;2-4,7,9,12,14H,5-6,8H2,1H3;;;/q;;;;+1;-1/t11-;2*12-;;;/m000.../s1. The molecule has 0 saturated heterocycles. The minimum Gasteiger partial charge on any atom is -1.00 e. The van der Waals surface area contributed by atoms with E-state index < -0.39 is 0 Å². The second kappa shape index (κ2) is 22.6. The zero-order valence-corrected chi connectivity index (χ0v) is 34.0. The summed E-state index contributed by atoms with van der Waals surface area (Å²) in [6.07, 6.45) is 7.95. The van der Waals surface area contributed by atoms with Gasteiger partial charge in [-0.2, -0.15) is 0 Å². The average Bonchev–Trinajstić information content (AvgIpc) is 3.98. The van der Waals surface area contributed by atoms with Crippen LogP contribution in [0.2, 0.25) is 0 Å². The molecule has 0 heterocycles. The van der Waals surface area contributed by atoms with E-state index in [9.17, 15) is 29.7 Å². The Morgan fingerprint density at radius 1 is 0.630 bits per heavy atom. The fourth-order valence-electron chi connectivity index (χ4n) is 6.59. The molecule has 6 rings (SSSR count). The summed E-state index contributed by atoms with van der Waals surface area (Å²) >= 11 is 0. The topological polar surface area (TPSA) is 169 Å². The maximum Gasteiger partial charge on any atom is 1.00 e. The summed E-state index contributed by atoms with van der Waals surface area (Å²) < 4.78 is 19.2. The monoisotopic (exact) mass is 755 g/mol. The first kappa shape index (κ1) is 46.4. The van der Waals surface area contributed by atoms with E-state index in [-0.39, 0.29) is 98.9 Å². The predicted octanol–water partition coefficient (Wildman–Crippen LogP) is 3.58. The number of carbonyl (C=O) groups excluding carboxylic acids is 3. The van der Waals surface area contributed by atoms with Gasteiger partial charge in [-0.25, -0.2) is 0 Å². The van der Waals surface area contributed by atoms with Gasteiger partial charge in [-0.1, -0.05) is 30.3 Å². The first-order valence-corrected chi connectivity index (χ1v) is 17.8. The summed E-state index contributed by atoms with van der Waals surface area (Å²) in [4.78, 5) is 34.2. The Morgan fingerprint density at radius 2 is 1.04 bits per heavy atom. The third kappa shape index (κ3) is 14.2. The van der Waals surface area contributed by atoms with Crippen molar-refractivity contribution in [3.63, 3.8) is 0 Å². The zero-order valence-electron chi connectivity index (χ0n) is 33.0. The van der Waals surface area contributed by atoms with Crippen LogP contribution in [-0.4, -0.2) is 75.2 Å². The van der Waals surface area contributed by atoms with E-state index in [0.29, 0.717) is 48.3 Å². The Balaban J connectivity index is 0.000000402. The van der Waals surface area contributed by atoms with Crippen molar-refractivity contribution >= 4 is 26.3 Å². The van der Waals surface area contributed by atoms with Crippen LogP contribution < -0.4 is 34.3 Å². The van der Waals surface area contributed by atoms with Gasteiger partial charge in [-0.15, -0.1) is 0 Å². The number of carbonyl (C=O) groups is 3. The molecule has 13 heteroatoms. The molecule has 3 aliphatic carbocycles. The molecular formula is C41H53BNaO11. The number of aromatic hydroxyl groups is 3. The van der Waals surface area contributed by atoms with E-state index in [0.717, 1.165) is 55.2 Å². The molecule has 4 N–H and O–H groups in total. The zero-order chi connectivity index (χ0) is 37.8. The van der Waals surface area contributed by atoms with Crippen LogP contribution in [-0.2, 0) is 35.2 Å². The van der Waals surface area contributed by atoms with Gasteiger partial charge in [0.25, 0.3) is 0 Å². The molecule has 0 unspecified atom stereocenters. The van der Waals surface area contributed by atoms with Crippen molar-refractivity contribution in [3.8, 4) is 23.0 Å². The molecule has 0 aromatic heterocycles. The van der Waals surface area contributed by atoms with E-state index in [4.69, 9.17) is 24.1 Å². The van der Waals surface area contributed by atoms with Crippen molar-refractivity contribution in [1.29, 1.82) is 0 Å². The van der Waals surface area contributed by atoms with Crippen LogP contribution in [0.1, 0.15) is 99.2 Å². The Hall–Kier alpha value is -3.71. The third-order valence-electron chi connectivity index (χ3n) is 10.1. The Labute approximate surface area is 343 Å². The molecular weight excluding hydrogens is 702 g/mol. The molecule has 0 bridgehead atoms. The quantitative estimate of drug-likeness (QED) is 0.108. The van der Waals surface area contributed by atoms with Gasteiger partial charge in [0.2, 0.25) is 0 Å². The van der Waals surface area contributed by atoms with Crippen molar-refractivity contribution in [2.45, 2.75) is 82.1 Å². The minimum atomic E-state index is -0.224. The van der Waals surface area contributed by atoms with Gasteiger partial charge in [0, 0.05) is 14.0 Å². The fraction of sp³-hybridized carbons (Fsp3) is 0.488. The molecule has 3 aliphatic rings. The molecule has 0 spiro atoms. The maximum absolute atomic E-state index is 11.4. The number of benzene rings is 3. The van der Waals surface area contributed by atoms with Crippen LogP contribution in [0.15, 0.2) is 60.7 Å². The number of methoxy groups -OCH3 is 4. The van der Waals surface area contributed by atoms with Crippen molar-refractivity contribution in [2.75, 3.05) is 28.4 Å². The van der Waals surface area contributed by atoms with Gasteiger partial charge in [0.15, 0.2) is 11.5 Å². The number of hydrogen-bond donors (Lipinski definition) is 4. The van der Waals surface area contributed by atoms with Crippen molar-refractivity contribution in [2.24, 2.45) is 17.8 Å². The third-order valence-corrected chi connectivity index (χ3v) is 10.1. The first-order chi connectivity index (χ1) is 25.0. The van der Waals surface area contributed by atoms with E-state index >= 15 is 0 Å². The van der Waals surface area contributed by atoms with Gasteiger partial charge in [-0.05, 0) is 121 Å². The SMILES string of the molecule is COC(=O)C[C@H](c1ccc(CO)c(O)c1)C1CC1.COC(=O)C[C@H](c1ccc(OC)c(O)c1)C1CC1.COC(=O)C[C@H](c1cccc(O)c1)C1CC1.[B].[H-].[Na+]. The Morgan fingerprint density at radius 3 is 1.37 bits per heavy atom. The van der Waals surface area contributed by atoms with Crippen molar-refractivity contribution in [1.82, 2.24) is 0 Å². The van der Waals surface area contributed by atoms with Crippen LogP contribution in [0, 0.1) is 17.8 Å². The first-order valence-electron chi connectivity index (χ1n) is 17.8. The summed E-state index contributed by atoms with van der Waals surface area (Å²) in [5.41, 5.74) is 3.46. The molecule has 54 heavy (non-hydrogen) atoms. The Kier molecular flexibility index (Phi) is 19.5. The number of aliphatic hydroxyl groups excluding tert-OH is 1. The van der Waals surface area contributed by atoms with E-state index in [1.807, 2.05) is 24.3 Å². The number of esters is 3. The molecule has 287 valence electrons. The Bertz CT molecular complexity index is 1580. The van der Waals surface area contributed by atoms with E-state index in [1.54, 1.807) is 36.4 Å². The number of rotatable bonds is 14.